The Hall–Kier alpha value is -3.93. The summed E-state index contributed by atoms with van der Waals surface area (Å²) in [5, 5.41) is 2.90. The van der Waals surface area contributed by atoms with E-state index in [9.17, 15) is 35.6 Å². The molecule has 2 amide bonds. The van der Waals surface area contributed by atoms with Crippen LogP contribution in [-0.2, 0) is 38.8 Å². The third-order valence-electron chi connectivity index (χ3n) is 6.98. The SMILES string of the molecule is CCCCNC(=O)[C@H](Cc1ccccc1)N(Cc1ccc(F)cc1)C(=O)CCCN(c1cccc(C(F)(F)F)c1)S(C)(=O)=O. The standard InChI is InChI=1S/C32H37F4N3O4S/c1-3-4-19-37-31(41)29(21-24-10-6-5-7-11-24)38(23-25-15-17-27(33)18-16-25)30(40)14-9-20-39(44(2,42)43)28-13-8-12-26(22-28)32(34,35)36/h5-8,10-13,15-18,22,29H,3-4,9,14,19-21,23H2,1-2H3,(H,37,41)/t29-/m0/s1. The molecule has 1 N–H and O–H groups in total. The zero-order chi connectivity index (χ0) is 32.3. The Kier molecular flexibility index (Phi) is 12.3. The Labute approximate surface area is 255 Å². The second-order valence-electron chi connectivity index (χ2n) is 10.5. The second-order valence-corrected chi connectivity index (χ2v) is 12.4. The summed E-state index contributed by atoms with van der Waals surface area (Å²) in [6.07, 6.45) is -2.21. The largest absolute Gasteiger partial charge is 0.416 e. The third kappa shape index (κ3) is 10.4. The van der Waals surface area contributed by atoms with Crippen molar-refractivity contribution in [3.63, 3.8) is 0 Å². The van der Waals surface area contributed by atoms with Crippen LogP contribution in [-0.4, -0.2) is 50.5 Å². The lowest BCUT2D eigenvalue weighted by Gasteiger charge is -2.32. The van der Waals surface area contributed by atoms with Crippen LogP contribution in [0.15, 0.2) is 78.9 Å². The molecule has 0 saturated heterocycles. The zero-order valence-corrected chi connectivity index (χ0v) is 25.5. The minimum Gasteiger partial charge on any atom is -0.354 e. The molecule has 0 aromatic heterocycles. The molecule has 0 saturated carbocycles. The van der Waals surface area contributed by atoms with Crippen molar-refractivity contribution in [1.29, 1.82) is 0 Å². The molecule has 44 heavy (non-hydrogen) atoms. The fourth-order valence-electron chi connectivity index (χ4n) is 4.69. The van der Waals surface area contributed by atoms with Gasteiger partial charge in [0.15, 0.2) is 0 Å². The van der Waals surface area contributed by atoms with Gasteiger partial charge in [0, 0.05) is 32.5 Å². The molecule has 3 aromatic carbocycles. The normalized spacial score (nSPS) is 12.4. The minimum atomic E-state index is -4.67. The lowest BCUT2D eigenvalue weighted by Crippen LogP contribution is -2.50. The number of nitrogens with zero attached hydrogens (tertiary/aromatic N) is 2. The summed E-state index contributed by atoms with van der Waals surface area (Å²) < 4.78 is 79.5. The summed E-state index contributed by atoms with van der Waals surface area (Å²) >= 11 is 0. The van der Waals surface area contributed by atoms with Crippen molar-refractivity contribution in [3.8, 4) is 0 Å². The number of hydrogen-bond acceptors (Lipinski definition) is 4. The van der Waals surface area contributed by atoms with Crippen LogP contribution in [0, 0.1) is 5.82 Å². The van der Waals surface area contributed by atoms with Crippen molar-refractivity contribution in [3.05, 3.63) is 101 Å². The maximum absolute atomic E-state index is 13.8. The van der Waals surface area contributed by atoms with E-state index >= 15 is 0 Å². The molecule has 3 aromatic rings. The van der Waals surface area contributed by atoms with Crippen LogP contribution < -0.4 is 9.62 Å². The monoisotopic (exact) mass is 635 g/mol. The van der Waals surface area contributed by atoms with Crippen LogP contribution in [0.2, 0.25) is 0 Å². The molecule has 238 valence electrons. The lowest BCUT2D eigenvalue weighted by molar-refractivity contribution is -0.141. The number of sulfonamides is 1. The fraction of sp³-hybridized carbons (Fsp3) is 0.375. The lowest BCUT2D eigenvalue weighted by atomic mass is 10.0. The molecule has 0 spiro atoms. The highest BCUT2D eigenvalue weighted by Crippen LogP contribution is 2.32. The van der Waals surface area contributed by atoms with E-state index in [1.54, 1.807) is 0 Å². The molecule has 7 nitrogen and oxygen atoms in total. The van der Waals surface area contributed by atoms with E-state index in [0.717, 1.165) is 47.2 Å². The first kappa shape index (κ1) is 34.6. The molecule has 1 atom stereocenters. The van der Waals surface area contributed by atoms with Crippen LogP contribution in [0.1, 0.15) is 49.3 Å². The first-order chi connectivity index (χ1) is 20.8. The molecule has 0 fully saturated rings. The van der Waals surface area contributed by atoms with Gasteiger partial charge in [-0.2, -0.15) is 13.2 Å². The topological polar surface area (TPSA) is 86.8 Å². The number of unbranched alkanes of at least 4 members (excludes halogenated alkanes) is 1. The smallest absolute Gasteiger partial charge is 0.354 e. The van der Waals surface area contributed by atoms with Crippen molar-refractivity contribution in [2.75, 3.05) is 23.7 Å². The van der Waals surface area contributed by atoms with Crippen LogP contribution in [0.5, 0.6) is 0 Å². The van der Waals surface area contributed by atoms with Gasteiger partial charge in [-0.05, 0) is 54.3 Å². The number of carbonyl (C=O) groups excluding carboxylic acids is 2. The number of alkyl halides is 3. The summed E-state index contributed by atoms with van der Waals surface area (Å²) in [4.78, 5) is 28.7. The molecule has 0 aliphatic heterocycles. The number of carbonyl (C=O) groups is 2. The van der Waals surface area contributed by atoms with E-state index in [0.29, 0.717) is 12.1 Å². The molecule has 0 radical (unpaired) electrons. The number of benzene rings is 3. The van der Waals surface area contributed by atoms with Gasteiger partial charge in [0.05, 0.1) is 17.5 Å². The van der Waals surface area contributed by atoms with Gasteiger partial charge in [-0.25, -0.2) is 12.8 Å². The van der Waals surface area contributed by atoms with E-state index in [4.69, 9.17) is 0 Å². The molecule has 0 aliphatic rings. The Morgan fingerprint density at radius 2 is 1.59 bits per heavy atom. The number of nitrogens with one attached hydrogen (secondary N) is 1. The molecule has 3 rings (SSSR count). The summed E-state index contributed by atoms with van der Waals surface area (Å²) in [5.41, 5.74) is 0.229. The first-order valence-corrected chi connectivity index (χ1v) is 16.1. The molecule has 12 heteroatoms. The number of amides is 2. The number of hydrogen-bond donors (Lipinski definition) is 1. The Bertz CT molecular complexity index is 1480. The maximum Gasteiger partial charge on any atom is 0.416 e. The molecule has 0 aliphatic carbocycles. The Balaban J connectivity index is 1.88. The third-order valence-corrected chi connectivity index (χ3v) is 8.17. The average Bonchev–Trinajstić information content (AvgIpc) is 2.97. The average molecular weight is 636 g/mol. The van der Waals surface area contributed by atoms with Crippen molar-refractivity contribution >= 4 is 27.5 Å². The predicted octanol–water partition coefficient (Wildman–Crippen LogP) is 5.95. The van der Waals surface area contributed by atoms with E-state index < -0.39 is 39.5 Å². The van der Waals surface area contributed by atoms with E-state index in [1.807, 2.05) is 37.3 Å². The van der Waals surface area contributed by atoms with Gasteiger partial charge < -0.3 is 10.2 Å². The Morgan fingerprint density at radius 3 is 2.20 bits per heavy atom. The number of anilines is 1. The van der Waals surface area contributed by atoms with Gasteiger partial charge in [-0.15, -0.1) is 0 Å². The fourth-order valence-corrected chi connectivity index (χ4v) is 5.65. The number of rotatable bonds is 15. The van der Waals surface area contributed by atoms with Gasteiger partial charge in [0.25, 0.3) is 0 Å². The highest BCUT2D eigenvalue weighted by Gasteiger charge is 2.32. The van der Waals surface area contributed by atoms with Crippen molar-refractivity contribution < 1.29 is 35.6 Å². The predicted molar refractivity (Wildman–Crippen MR) is 162 cm³/mol. The van der Waals surface area contributed by atoms with E-state index in [2.05, 4.69) is 5.32 Å². The summed E-state index contributed by atoms with van der Waals surface area (Å²) in [7, 11) is -3.99. The molecular weight excluding hydrogens is 598 g/mol. The maximum atomic E-state index is 13.8. The molecule has 0 heterocycles. The minimum absolute atomic E-state index is 0.0127. The van der Waals surface area contributed by atoms with Gasteiger partial charge in [0.2, 0.25) is 21.8 Å². The van der Waals surface area contributed by atoms with Gasteiger partial charge in [0.1, 0.15) is 11.9 Å². The summed E-state index contributed by atoms with van der Waals surface area (Å²) in [5.74, 6) is -1.28. The number of halogens is 4. The van der Waals surface area contributed by atoms with Crippen LogP contribution in [0.4, 0.5) is 23.2 Å². The molecular formula is C32H37F4N3O4S. The Morgan fingerprint density at radius 1 is 0.909 bits per heavy atom. The summed E-state index contributed by atoms with van der Waals surface area (Å²) in [6.45, 7) is 2.13. The quantitative estimate of drug-likeness (QED) is 0.165. The van der Waals surface area contributed by atoms with E-state index in [-0.39, 0.29) is 43.9 Å². The highest BCUT2D eigenvalue weighted by atomic mass is 32.2. The van der Waals surface area contributed by atoms with Gasteiger partial charge in [-0.3, -0.25) is 13.9 Å². The first-order valence-electron chi connectivity index (χ1n) is 14.3. The van der Waals surface area contributed by atoms with Crippen molar-refractivity contribution in [2.45, 2.75) is 57.8 Å². The van der Waals surface area contributed by atoms with Gasteiger partial charge >= 0.3 is 6.18 Å². The van der Waals surface area contributed by atoms with E-state index in [1.165, 1.54) is 35.2 Å². The zero-order valence-electron chi connectivity index (χ0n) is 24.7. The highest BCUT2D eigenvalue weighted by molar-refractivity contribution is 7.92. The van der Waals surface area contributed by atoms with Crippen molar-refractivity contribution in [1.82, 2.24) is 10.2 Å². The summed E-state index contributed by atoms with van der Waals surface area (Å²) in [6, 6.07) is 17.7. The molecule has 0 unspecified atom stereocenters. The van der Waals surface area contributed by atoms with Crippen LogP contribution >= 0.6 is 0 Å². The van der Waals surface area contributed by atoms with Crippen LogP contribution in [0.25, 0.3) is 0 Å². The van der Waals surface area contributed by atoms with Gasteiger partial charge in [-0.1, -0.05) is 61.9 Å². The second kappa shape index (κ2) is 15.7. The van der Waals surface area contributed by atoms with Crippen LogP contribution in [0.3, 0.4) is 0 Å². The van der Waals surface area contributed by atoms with Crippen molar-refractivity contribution in [2.24, 2.45) is 0 Å². The molecule has 0 bridgehead atoms.